The molecule has 1 rings (SSSR count). The minimum atomic E-state index is -0.249. The van der Waals surface area contributed by atoms with Crippen molar-refractivity contribution >= 4 is 5.91 Å². The molecule has 0 saturated carbocycles. The van der Waals surface area contributed by atoms with E-state index in [0.29, 0.717) is 0 Å². The number of nitrogens with zero attached hydrogens (tertiary/aromatic N) is 2. The summed E-state index contributed by atoms with van der Waals surface area (Å²) >= 11 is 0. The summed E-state index contributed by atoms with van der Waals surface area (Å²) in [4.78, 5) is 16.5. The van der Waals surface area contributed by atoms with Crippen molar-refractivity contribution in [1.29, 1.82) is 0 Å². The van der Waals surface area contributed by atoms with Gasteiger partial charge in [-0.15, -0.1) is 13.2 Å². The smallest absolute Gasteiger partial charge is 0.244 e. The molecular weight excluding hydrogens is 260 g/mol. The molecule has 0 aromatic heterocycles. The van der Waals surface area contributed by atoms with Crippen molar-refractivity contribution in [3.05, 3.63) is 61.2 Å². The van der Waals surface area contributed by atoms with Gasteiger partial charge in [0.25, 0.3) is 0 Å². The van der Waals surface area contributed by atoms with Crippen LogP contribution in [-0.2, 0) is 4.79 Å². The van der Waals surface area contributed by atoms with Crippen LogP contribution in [0.25, 0.3) is 0 Å². The van der Waals surface area contributed by atoms with Gasteiger partial charge in [-0.2, -0.15) is 0 Å². The Kier molecular flexibility index (Phi) is 7.48. The predicted molar refractivity (Wildman–Crippen MR) is 89.1 cm³/mol. The van der Waals surface area contributed by atoms with Gasteiger partial charge in [0.05, 0.1) is 0 Å². The molecule has 1 aromatic rings. The van der Waals surface area contributed by atoms with Gasteiger partial charge in [0, 0.05) is 27.2 Å². The summed E-state index contributed by atoms with van der Waals surface area (Å²) in [5.41, 5.74) is 1.03. The van der Waals surface area contributed by atoms with Gasteiger partial charge in [-0.1, -0.05) is 42.5 Å². The fourth-order valence-corrected chi connectivity index (χ4v) is 2.27. The summed E-state index contributed by atoms with van der Waals surface area (Å²) in [6, 6.07) is 9.70. The molecule has 0 saturated heterocycles. The highest BCUT2D eigenvalue weighted by molar-refractivity contribution is 5.82. The highest BCUT2D eigenvalue weighted by Crippen LogP contribution is 2.23. The standard InChI is InChI=1S/C18H26N2O/c1-5-7-14-20(15-8-6-2)17(18(21)19(3)4)16-12-10-9-11-13-16/h5-6,9-13,17H,1-2,7-8,14-15H2,3-4H3. The highest BCUT2D eigenvalue weighted by atomic mass is 16.2. The fraction of sp³-hybridized carbons (Fsp3) is 0.389. The van der Waals surface area contributed by atoms with Crippen LogP contribution >= 0.6 is 0 Å². The Labute approximate surface area is 128 Å². The maximum absolute atomic E-state index is 12.6. The number of carbonyl (C=O) groups is 1. The van der Waals surface area contributed by atoms with Crippen LogP contribution in [0.15, 0.2) is 55.6 Å². The maximum Gasteiger partial charge on any atom is 0.244 e. The molecule has 1 unspecified atom stereocenters. The summed E-state index contributed by atoms with van der Waals surface area (Å²) in [5, 5.41) is 0. The second-order valence-corrected chi connectivity index (χ2v) is 5.24. The number of hydrogen-bond donors (Lipinski definition) is 0. The number of hydrogen-bond acceptors (Lipinski definition) is 2. The first-order valence-corrected chi connectivity index (χ1v) is 7.33. The largest absolute Gasteiger partial charge is 0.347 e. The molecule has 0 aliphatic heterocycles. The third-order valence-electron chi connectivity index (χ3n) is 3.40. The minimum absolute atomic E-state index is 0.106. The van der Waals surface area contributed by atoms with E-state index in [-0.39, 0.29) is 11.9 Å². The molecule has 1 aromatic carbocycles. The average molecular weight is 286 g/mol. The average Bonchev–Trinajstić information content (AvgIpc) is 2.50. The second-order valence-electron chi connectivity index (χ2n) is 5.24. The van der Waals surface area contributed by atoms with Gasteiger partial charge in [0.2, 0.25) is 5.91 Å². The first-order chi connectivity index (χ1) is 10.1. The van der Waals surface area contributed by atoms with Crippen molar-refractivity contribution in [2.75, 3.05) is 27.2 Å². The van der Waals surface area contributed by atoms with Gasteiger partial charge >= 0.3 is 0 Å². The molecule has 0 heterocycles. The van der Waals surface area contributed by atoms with E-state index in [1.807, 2.05) is 42.5 Å². The summed E-state index contributed by atoms with van der Waals surface area (Å²) < 4.78 is 0. The number of carbonyl (C=O) groups excluding carboxylic acids is 1. The van der Waals surface area contributed by atoms with Gasteiger partial charge in [-0.3, -0.25) is 9.69 Å². The van der Waals surface area contributed by atoms with E-state index >= 15 is 0 Å². The Hall–Kier alpha value is -1.87. The third kappa shape index (κ3) is 5.20. The second kappa shape index (κ2) is 9.14. The summed E-state index contributed by atoms with van der Waals surface area (Å²) in [5.74, 6) is 0.106. The van der Waals surface area contributed by atoms with Gasteiger partial charge in [-0.05, 0) is 18.4 Å². The lowest BCUT2D eigenvalue weighted by molar-refractivity contribution is -0.134. The molecule has 21 heavy (non-hydrogen) atoms. The summed E-state index contributed by atoms with van der Waals surface area (Å²) in [6.45, 7) is 9.20. The van der Waals surface area contributed by atoms with Gasteiger partial charge < -0.3 is 4.90 Å². The normalized spacial score (nSPS) is 12.0. The van der Waals surface area contributed by atoms with Crippen LogP contribution in [0, 0.1) is 0 Å². The predicted octanol–water partition coefficient (Wildman–Crippen LogP) is 3.27. The van der Waals surface area contributed by atoms with Crippen LogP contribution in [0.5, 0.6) is 0 Å². The molecule has 3 heteroatoms. The molecule has 0 aliphatic rings. The van der Waals surface area contributed by atoms with Crippen LogP contribution in [0.3, 0.4) is 0 Å². The highest BCUT2D eigenvalue weighted by Gasteiger charge is 2.27. The number of likely N-dealkylation sites (N-methyl/N-ethyl adjacent to an activating group) is 1. The molecule has 1 amide bonds. The van der Waals surface area contributed by atoms with Crippen molar-refractivity contribution in [2.45, 2.75) is 18.9 Å². The lowest BCUT2D eigenvalue weighted by Gasteiger charge is -2.32. The van der Waals surface area contributed by atoms with Crippen LogP contribution in [0.4, 0.5) is 0 Å². The molecule has 0 fully saturated rings. The Morgan fingerprint density at radius 1 is 1.10 bits per heavy atom. The van der Waals surface area contributed by atoms with Crippen LogP contribution in [-0.4, -0.2) is 42.9 Å². The quantitative estimate of drug-likeness (QED) is 0.650. The SMILES string of the molecule is C=CCCN(CCC=C)C(C(=O)N(C)C)c1ccccc1. The molecule has 0 bridgehead atoms. The van der Waals surface area contributed by atoms with E-state index in [1.54, 1.807) is 19.0 Å². The molecule has 0 aliphatic carbocycles. The molecule has 114 valence electrons. The molecule has 0 spiro atoms. The topological polar surface area (TPSA) is 23.6 Å². The Bertz CT molecular complexity index is 442. The fourth-order valence-electron chi connectivity index (χ4n) is 2.27. The van der Waals surface area contributed by atoms with E-state index in [9.17, 15) is 4.79 Å². The Morgan fingerprint density at radius 2 is 1.62 bits per heavy atom. The lowest BCUT2D eigenvalue weighted by atomic mass is 10.0. The van der Waals surface area contributed by atoms with Crippen molar-refractivity contribution < 1.29 is 4.79 Å². The van der Waals surface area contributed by atoms with Gasteiger partial charge in [0.15, 0.2) is 0 Å². The van der Waals surface area contributed by atoms with Crippen molar-refractivity contribution in [1.82, 2.24) is 9.80 Å². The summed E-state index contributed by atoms with van der Waals surface area (Å²) in [6.07, 6.45) is 5.51. The zero-order valence-corrected chi connectivity index (χ0v) is 13.2. The molecule has 0 radical (unpaired) electrons. The molecular formula is C18H26N2O. The zero-order valence-electron chi connectivity index (χ0n) is 13.2. The van der Waals surface area contributed by atoms with Crippen LogP contribution < -0.4 is 0 Å². The third-order valence-corrected chi connectivity index (χ3v) is 3.40. The van der Waals surface area contributed by atoms with Crippen LogP contribution in [0.2, 0.25) is 0 Å². The van der Waals surface area contributed by atoms with E-state index in [4.69, 9.17) is 0 Å². The monoisotopic (exact) mass is 286 g/mol. The molecule has 0 N–H and O–H groups in total. The maximum atomic E-state index is 12.6. The molecule has 1 atom stereocenters. The summed E-state index contributed by atoms with van der Waals surface area (Å²) in [7, 11) is 3.61. The number of benzene rings is 1. The van der Waals surface area contributed by atoms with E-state index in [2.05, 4.69) is 18.1 Å². The zero-order chi connectivity index (χ0) is 15.7. The Balaban J connectivity index is 3.07. The first kappa shape index (κ1) is 17.2. The van der Waals surface area contributed by atoms with E-state index in [1.165, 1.54) is 0 Å². The number of amides is 1. The first-order valence-electron chi connectivity index (χ1n) is 7.33. The number of rotatable bonds is 9. The van der Waals surface area contributed by atoms with Crippen LogP contribution in [0.1, 0.15) is 24.4 Å². The van der Waals surface area contributed by atoms with Crippen molar-refractivity contribution in [3.8, 4) is 0 Å². The van der Waals surface area contributed by atoms with E-state index < -0.39 is 0 Å². The van der Waals surface area contributed by atoms with Crippen molar-refractivity contribution in [2.24, 2.45) is 0 Å². The van der Waals surface area contributed by atoms with E-state index in [0.717, 1.165) is 31.5 Å². The van der Waals surface area contributed by atoms with Gasteiger partial charge in [0.1, 0.15) is 6.04 Å². The Morgan fingerprint density at radius 3 is 2.05 bits per heavy atom. The molecule has 3 nitrogen and oxygen atoms in total. The minimum Gasteiger partial charge on any atom is -0.347 e. The van der Waals surface area contributed by atoms with Gasteiger partial charge in [-0.25, -0.2) is 0 Å². The lowest BCUT2D eigenvalue weighted by Crippen LogP contribution is -2.41. The van der Waals surface area contributed by atoms with Crippen molar-refractivity contribution in [3.63, 3.8) is 0 Å².